The number of nitrogens with zero attached hydrogens (tertiary/aromatic N) is 2. The third kappa shape index (κ3) is 3.28. The standard InChI is InChI=1S/C21H24N4OS/c1-13-12-27-20(23-13)11-25-17-4-5-18(25)10-16(9-17)24-21(26)15-3-2-14-6-7-22-19(14)8-15/h2-3,6-8,12,16-18,22H,4-5,9-11H2,1H3,(H,24,26)/t16?,17-,18+. The maximum Gasteiger partial charge on any atom is 0.251 e. The van der Waals surface area contributed by atoms with E-state index in [1.54, 1.807) is 11.3 Å². The number of hydrogen-bond donors (Lipinski definition) is 2. The number of aryl methyl sites for hydroxylation is 1. The molecule has 2 bridgehead atoms. The molecule has 0 aliphatic carbocycles. The molecule has 0 radical (unpaired) electrons. The van der Waals surface area contributed by atoms with E-state index in [1.165, 1.54) is 17.8 Å². The molecule has 3 aromatic rings. The van der Waals surface area contributed by atoms with E-state index >= 15 is 0 Å². The summed E-state index contributed by atoms with van der Waals surface area (Å²) < 4.78 is 0. The number of amides is 1. The van der Waals surface area contributed by atoms with E-state index in [-0.39, 0.29) is 11.9 Å². The van der Waals surface area contributed by atoms with E-state index in [4.69, 9.17) is 0 Å². The number of nitrogens with one attached hydrogen (secondary N) is 2. The Morgan fingerprint density at radius 1 is 1.30 bits per heavy atom. The third-order valence-electron chi connectivity index (χ3n) is 6.02. The Hall–Kier alpha value is -2.18. The lowest BCUT2D eigenvalue weighted by Gasteiger charge is -2.38. The van der Waals surface area contributed by atoms with Gasteiger partial charge in [-0.2, -0.15) is 0 Å². The summed E-state index contributed by atoms with van der Waals surface area (Å²) >= 11 is 1.76. The van der Waals surface area contributed by atoms with Gasteiger partial charge in [0.2, 0.25) is 0 Å². The second-order valence-electron chi connectivity index (χ2n) is 7.86. The van der Waals surface area contributed by atoms with Crippen LogP contribution in [-0.4, -0.2) is 38.9 Å². The number of fused-ring (bicyclic) bond motifs is 3. The summed E-state index contributed by atoms with van der Waals surface area (Å²) in [6, 6.07) is 9.27. The number of aromatic nitrogens is 2. The molecule has 2 aliphatic rings. The summed E-state index contributed by atoms with van der Waals surface area (Å²) in [7, 11) is 0. The van der Waals surface area contributed by atoms with Crippen LogP contribution in [0.15, 0.2) is 35.8 Å². The number of carbonyl (C=O) groups is 1. The summed E-state index contributed by atoms with van der Waals surface area (Å²) in [5.41, 5.74) is 2.86. The third-order valence-corrected chi connectivity index (χ3v) is 6.97. The van der Waals surface area contributed by atoms with Gasteiger partial charge in [-0.3, -0.25) is 9.69 Å². The second-order valence-corrected chi connectivity index (χ2v) is 8.80. The smallest absolute Gasteiger partial charge is 0.251 e. The van der Waals surface area contributed by atoms with Crippen LogP contribution < -0.4 is 5.32 Å². The number of aromatic amines is 1. The quantitative estimate of drug-likeness (QED) is 0.723. The highest BCUT2D eigenvalue weighted by atomic mass is 32.1. The van der Waals surface area contributed by atoms with E-state index < -0.39 is 0 Å². The molecule has 6 heteroatoms. The number of carbonyl (C=O) groups excluding carboxylic acids is 1. The summed E-state index contributed by atoms with van der Waals surface area (Å²) in [6.07, 6.45) is 6.45. The van der Waals surface area contributed by atoms with Gasteiger partial charge in [-0.15, -0.1) is 11.3 Å². The number of benzene rings is 1. The summed E-state index contributed by atoms with van der Waals surface area (Å²) in [5, 5.41) is 7.77. The van der Waals surface area contributed by atoms with Crippen molar-refractivity contribution in [2.75, 3.05) is 0 Å². The first kappa shape index (κ1) is 17.0. The molecule has 2 fully saturated rings. The zero-order valence-corrected chi connectivity index (χ0v) is 16.3. The van der Waals surface area contributed by atoms with E-state index in [9.17, 15) is 4.79 Å². The van der Waals surface area contributed by atoms with Crippen LogP contribution in [0, 0.1) is 6.92 Å². The van der Waals surface area contributed by atoms with Gasteiger partial charge >= 0.3 is 0 Å². The molecule has 2 saturated heterocycles. The van der Waals surface area contributed by atoms with Gasteiger partial charge in [-0.1, -0.05) is 6.07 Å². The molecule has 4 heterocycles. The monoisotopic (exact) mass is 380 g/mol. The van der Waals surface area contributed by atoms with Gasteiger partial charge in [0.25, 0.3) is 5.91 Å². The molecule has 27 heavy (non-hydrogen) atoms. The van der Waals surface area contributed by atoms with Crippen LogP contribution in [0.3, 0.4) is 0 Å². The first-order valence-electron chi connectivity index (χ1n) is 9.70. The predicted molar refractivity (Wildman–Crippen MR) is 108 cm³/mol. The number of hydrogen-bond acceptors (Lipinski definition) is 4. The van der Waals surface area contributed by atoms with Crippen LogP contribution in [0.1, 0.15) is 46.7 Å². The van der Waals surface area contributed by atoms with E-state index in [1.807, 2.05) is 30.5 Å². The molecule has 2 aliphatic heterocycles. The summed E-state index contributed by atoms with van der Waals surface area (Å²) in [4.78, 5) is 23.2. The largest absolute Gasteiger partial charge is 0.361 e. The number of H-pyrrole nitrogens is 1. The topological polar surface area (TPSA) is 61.0 Å². The highest BCUT2D eigenvalue weighted by Gasteiger charge is 2.41. The van der Waals surface area contributed by atoms with Crippen LogP contribution in [0.5, 0.6) is 0 Å². The Balaban J connectivity index is 1.24. The molecule has 5 rings (SSSR count). The molecule has 0 saturated carbocycles. The van der Waals surface area contributed by atoms with Crippen LogP contribution in [0.2, 0.25) is 0 Å². The summed E-state index contributed by atoms with van der Waals surface area (Å²) in [6.45, 7) is 3.01. The maximum absolute atomic E-state index is 12.7. The Bertz CT molecular complexity index is 963. The van der Waals surface area contributed by atoms with Gasteiger partial charge in [-0.05, 0) is 56.2 Å². The zero-order valence-electron chi connectivity index (χ0n) is 15.4. The molecule has 2 N–H and O–H groups in total. The molecule has 140 valence electrons. The Morgan fingerprint density at radius 2 is 2.11 bits per heavy atom. The number of piperidine rings is 1. The van der Waals surface area contributed by atoms with Crippen molar-refractivity contribution in [3.8, 4) is 0 Å². The molecule has 1 unspecified atom stereocenters. The van der Waals surface area contributed by atoms with Gasteiger partial charge in [0.1, 0.15) is 5.01 Å². The Morgan fingerprint density at radius 3 is 2.85 bits per heavy atom. The SMILES string of the molecule is Cc1csc(CN2[C@@H]3CC[C@H]2CC(NC(=O)c2ccc4cc[nH]c4c2)C3)n1. The van der Waals surface area contributed by atoms with Crippen molar-refractivity contribution in [1.82, 2.24) is 20.2 Å². The first-order valence-corrected chi connectivity index (χ1v) is 10.6. The molecule has 3 atom stereocenters. The van der Waals surface area contributed by atoms with Gasteiger partial charge in [0.05, 0.1) is 6.54 Å². The van der Waals surface area contributed by atoms with E-state index in [0.29, 0.717) is 12.1 Å². The van der Waals surface area contributed by atoms with Crippen molar-refractivity contribution in [2.24, 2.45) is 0 Å². The van der Waals surface area contributed by atoms with Crippen LogP contribution in [-0.2, 0) is 6.54 Å². The molecule has 5 nitrogen and oxygen atoms in total. The normalized spacial score (nSPS) is 25.1. The van der Waals surface area contributed by atoms with Gasteiger partial charge < -0.3 is 10.3 Å². The van der Waals surface area contributed by atoms with Crippen molar-refractivity contribution in [3.05, 3.63) is 52.1 Å². The predicted octanol–water partition coefficient (Wildman–Crippen LogP) is 3.86. The lowest BCUT2D eigenvalue weighted by molar-refractivity contribution is 0.0827. The lowest BCUT2D eigenvalue weighted by atomic mass is 9.97. The molecular formula is C21H24N4OS. The minimum atomic E-state index is 0.0416. The van der Waals surface area contributed by atoms with Crippen molar-refractivity contribution in [2.45, 2.75) is 57.3 Å². The van der Waals surface area contributed by atoms with E-state index in [2.05, 4.69) is 32.5 Å². The van der Waals surface area contributed by atoms with Crippen molar-refractivity contribution < 1.29 is 4.79 Å². The fourth-order valence-corrected chi connectivity index (χ4v) is 5.52. The average molecular weight is 381 g/mol. The van der Waals surface area contributed by atoms with Gasteiger partial charge in [0.15, 0.2) is 0 Å². The van der Waals surface area contributed by atoms with Crippen molar-refractivity contribution in [3.63, 3.8) is 0 Å². The fourth-order valence-electron chi connectivity index (χ4n) is 4.74. The fraction of sp³-hybridized carbons (Fsp3) is 0.429. The van der Waals surface area contributed by atoms with Gasteiger partial charge in [-0.25, -0.2) is 4.98 Å². The number of thiazole rings is 1. The minimum absolute atomic E-state index is 0.0416. The molecule has 2 aromatic heterocycles. The van der Waals surface area contributed by atoms with Crippen LogP contribution in [0.25, 0.3) is 10.9 Å². The van der Waals surface area contributed by atoms with E-state index in [0.717, 1.165) is 41.5 Å². The molecular weight excluding hydrogens is 356 g/mol. The van der Waals surface area contributed by atoms with Crippen molar-refractivity contribution in [1.29, 1.82) is 0 Å². The average Bonchev–Trinajstić information content (AvgIpc) is 3.34. The lowest BCUT2D eigenvalue weighted by Crippen LogP contribution is -2.49. The molecule has 1 aromatic carbocycles. The second kappa shape index (κ2) is 6.77. The zero-order chi connectivity index (χ0) is 18.4. The Labute approximate surface area is 162 Å². The summed E-state index contributed by atoms with van der Waals surface area (Å²) in [5.74, 6) is 0.0416. The number of rotatable bonds is 4. The van der Waals surface area contributed by atoms with Crippen LogP contribution in [0.4, 0.5) is 0 Å². The highest BCUT2D eigenvalue weighted by molar-refractivity contribution is 7.09. The van der Waals surface area contributed by atoms with Crippen molar-refractivity contribution >= 4 is 28.1 Å². The minimum Gasteiger partial charge on any atom is -0.361 e. The highest BCUT2D eigenvalue weighted by Crippen LogP contribution is 2.37. The van der Waals surface area contributed by atoms with Crippen LogP contribution >= 0.6 is 11.3 Å². The molecule has 1 amide bonds. The van der Waals surface area contributed by atoms with Gasteiger partial charge in [0, 0.05) is 46.5 Å². The Kier molecular flexibility index (Phi) is 4.25. The first-order chi connectivity index (χ1) is 13.2. The molecule has 0 spiro atoms. The maximum atomic E-state index is 12.7.